The first kappa shape index (κ1) is 20.8. The van der Waals surface area contributed by atoms with Gasteiger partial charge < -0.3 is 10.6 Å². The summed E-state index contributed by atoms with van der Waals surface area (Å²) in [6.07, 6.45) is 0. The third kappa shape index (κ3) is 7.48. The second kappa shape index (κ2) is 9.94. The van der Waals surface area contributed by atoms with Crippen LogP contribution in [0.15, 0.2) is 34.2 Å². The summed E-state index contributed by atoms with van der Waals surface area (Å²) in [6, 6.07) is 4.93. The topological polar surface area (TPSA) is 126 Å². The Labute approximate surface area is 148 Å². The fourth-order valence-electron chi connectivity index (χ4n) is 1.83. The number of non-ortho nitro benzene ring substituents is 1. The van der Waals surface area contributed by atoms with Crippen molar-refractivity contribution in [3.05, 3.63) is 34.4 Å². The Kier molecular flexibility index (Phi) is 8.29. The largest absolute Gasteiger partial charge is 0.357 e. The van der Waals surface area contributed by atoms with Crippen molar-refractivity contribution in [3.8, 4) is 0 Å². The Morgan fingerprint density at radius 3 is 2.60 bits per heavy atom. The van der Waals surface area contributed by atoms with E-state index in [-0.39, 0.29) is 17.1 Å². The fraction of sp³-hybridized carbons (Fsp3) is 0.533. The third-order valence-corrected chi connectivity index (χ3v) is 4.47. The normalized spacial score (nSPS) is 12.2. The molecular weight excluding hydrogens is 346 g/mol. The smallest absolute Gasteiger partial charge is 0.270 e. The van der Waals surface area contributed by atoms with E-state index in [1.54, 1.807) is 0 Å². The van der Waals surface area contributed by atoms with Gasteiger partial charge in [-0.3, -0.25) is 15.1 Å². The predicted octanol–water partition coefficient (Wildman–Crippen LogP) is 1.08. The van der Waals surface area contributed by atoms with Gasteiger partial charge in [0.25, 0.3) is 5.69 Å². The van der Waals surface area contributed by atoms with E-state index in [1.807, 2.05) is 6.92 Å². The van der Waals surface area contributed by atoms with Gasteiger partial charge in [0.05, 0.1) is 9.82 Å². The molecule has 0 saturated heterocycles. The zero-order chi connectivity index (χ0) is 18.9. The Hall–Kier alpha value is -2.20. The van der Waals surface area contributed by atoms with Gasteiger partial charge in [-0.2, -0.15) is 0 Å². The summed E-state index contributed by atoms with van der Waals surface area (Å²) in [5.41, 5.74) is -0.267. The highest BCUT2D eigenvalue weighted by Gasteiger charge is 2.16. The summed E-state index contributed by atoms with van der Waals surface area (Å²) in [5.74, 6) is 1.04. The molecule has 0 amide bonds. The van der Waals surface area contributed by atoms with Crippen LogP contribution in [0.2, 0.25) is 0 Å². The lowest BCUT2D eigenvalue weighted by Crippen LogP contribution is -2.41. The summed E-state index contributed by atoms with van der Waals surface area (Å²) in [5, 5.41) is 16.9. The van der Waals surface area contributed by atoms with Gasteiger partial charge in [-0.15, -0.1) is 0 Å². The summed E-state index contributed by atoms with van der Waals surface area (Å²) < 4.78 is 26.8. The molecule has 25 heavy (non-hydrogen) atoms. The molecule has 0 heterocycles. The lowest BCUT2D eigenvalue weighted by Gasteiger charge is -2.12. The van der Waals surface area contributed by atoms with Gasteiger partial charge >= 0.3 is 0 Å². The molecule has 0 aromatic heterocycles. The molecule has 0 spiro atoms. The molecule has 0 fully saturated rings. The highest BCUT2D eigenvalue weighted by atomic mass is 32.2. The number of hydrogen-bond acceptors (Lipinski definition) is 5. The van der Waals surface area contributed by atoms with Crippen LogP contribution in [-0.2, 0) is 10.0 Å². The fourth-order valence-corrected chi connectivity index (χ4v) is 2.90. The Morgan fingerprint density at radius 2 is 2.00 bits per heavy atom. The number of nitro benzene ring substituents is 1. The molecule has 1 aromatic carbocycles. The molecule has 0 atom stereocenters. The molecule has 0 aliphatic carbocycles. The van der Waals surface area contributed by atoms with Crippen molar-refractivity contribution in [2.24, 2.45) is 10.9 Å². The maximum atomic E-state index is 12.2. The lowest BCUT2D eigenvalue weighted by molar-refractivity contribution is -0.385. The van der Waals surface area contributed by atoms with Gasteiger partial charge in [-0.05, 0) is 18.9 Å². The van der Waals surface area contributed by atoms with Crippen LogP contribution in [0.5, 0.6) is 0 Å². The number of benzene rings is 1. The van der Waals surface area contributed by atoms with E-state index < -0.39 is 14.9 Å². The number of nitrogens with one attached hydrogen (secondary N) is 3. The number of nitro groups is 1. The maximum Gasteiger partial charge on any atom is 0.270 e. The number of nitrogens with zero attached hydrogens (tertiary/aromatic N) is 2. The summed E-state index contributed by atoms with van der Waals surface area (Å²) >= 11 is 0. The molecule has 1 aromatic rings. The molecule has 0 bridgehead atoms. The first-order valence-corrected chi connectivity index (χ1v) is 9.51. The molecule has 140 valence electrons. The minimum absolute atomic E-state index is 0.122. The number of rotatable bonds is 9. The Bertz CT molecular complexity index is 704. The Balaban J connectivity index is 2.60. The van der Waals surface area contributed by atoms with Gasteiger partial charge in [-0.1, -0.05) is 19.9 Å². The van der Waals surface area contributed by atoms with E-state index >= 15 is 0 Å². The molecule has 0 aliphatic heterocycles. The van der Waals surface area contributed by atoms with E-state index in [0.717, 1.165) is 6.07 Å². The molecule has 10 heteroatoms. The van der Waals surface area contributed by atoms with Crippen molar-refractivity contribution >= 4 is 21.7 Å². The highest BCUT2D eigenvalue weighted by Crippen LogP contribution is 2.16. The average Bonchev–Trinajstić information content (AvgIpc) is 2.56. The minimum atomic E-state index is -3.81. The second-order valence-corrected chi connectivity index (χ2v) is 7.46. The van der Waals surface area contributed by atoms with E-state index in [0.29, 0.717) is 31.5 Å². The first-order valence-electron chi connectivity index (χ1n) is 8.02. The van der Waals surface area contributed by atoms with E-state index in [2.05, 4.69) is 34.2 Å². The van der Waals surface area contributed by atoms with Gasteiger partial charge in [-0.25, -0.2) is 13.1 Å². The van der Waals surface area contributed by atoms with Gasteiger partial charge in [0.2, 0.25) is 10.0 Å². The van der Waals surface area contributed by atoms with Crippen molar-refractivity contribution < 1.29 is 13.3 Å². The summed E-state index contributed by atoms with van der Waals surface area (Å²) in [4.78, 5) is 14.4. The second-order valence-electron chi connectivity index (χ2n) is 5.69. The van der Waals surface area contributed by atoms with Crippen LogP contribution in [0, 0.1) is 16.0 Å². The zero-order valence-electron chi connectivity index (χ0n) is 14.7. The standard InChI is InChI=1S/C15H25N5O4S/c1-4-16-15(18-11-12(2)3)17-8-9-19-25(23,24)14-7-5-6-13(10-14)20(21)22/h5-7,10,12,19H,4,8-9,11H2,1-3H3,(H2,16,17,18). The van der Waals surface area contributed by atoms with Crippen molar-refractivity contribution in [3.63, 3.8) is 0 Å². The van der Waals surface area contributed by atoms with Crippen LogP contribution in [0.25, 0.3) is 0 Å². The molecule has 0 aliphatic rings. The van der Waals surface area contributed by atoms with Gasteiger partial charge in [0, 0.05) is 38.3 Å². The van der Waals surface area contributed by atoms with E-state index in [1.165, 1.54) is 18.2 Å². The van der Waals surface area contributed by atoms with Crippen molar-refractivity contribution in [1.29, 1.82) is 0 Å². The molecule has 1 rings (SSSR count). The predicted molar refractivity (Wildman–Crippen MR) is 97.1 cm³/mol. The van der Waals surface area contributed by atoms with Crippen LogP contribution in [0.4, 0.5) is 5.69 Å². The van der Waals surface area contributed by atoms with Crippen LogP contribution in [0.1, 0.15) is 20.8 Å². The van der Waals surface area contributed by atoms with E-state index in [9.17, 15) is 18.5 Å². The van der Waals surface area contributed by atoms with Crippen molar-refractivity contribution in [2.45, 2.75) is 25.7 Å². The first-order chi connectivity index (χ1) is 11.8. The number of aliphatic imine (C=N–C) groups is 1. The molecule has 3 N–H and O–H groups in total. The molecule has 0 radical (unpaired) electrons. The maximum absolute atomic E-state index is 12.2. The minimum Gasteiger partial charge on any atom is -0.357 e. The van der Waals surface area contributed by atoms with Crippen molar-refractivity contribution in [2.75, 3.05) is 26.2 Å². The SMILES string of the molecule is CCNC(=NCC(C)C)NCCNS(=O)(=O)c1cccc([N+](=O)[O-])c1. The van der Waals surface area contributed by atoms with Gasteiger partial charge in [0.15, 0.2) is 5.96 Å². The zero-order valence-corrected chi connectivity index (χ0v) is 15.5. The van der Waals surface area contributed by atoms with Crippen LogP contribution < -0.4 is 15.4 Å². The highest BCUT2D eigenvalue weighted by molar-refractivity contribution is 7.89. The summed E-state index contributed by atoms with van der Waals surface area (Å²) in [6.45, 7) is 7.87. The molecular formula is C15H25N5O4S. The molecule has 0 saturated carbocycles. The van der Waals surface area contributed by atoms with Crippen LogP contribution in [-0.4, -0.2) is 45.5 Å². The van der Waals surface area contributed by atoms with Crippen molar-refractivity contribution in [1.82, 2.24) is 15.4 Å². The molecule has 9 nitrogen and oxygen atoms in total. The number of sulfonamides is 1. The quantitative estimate of drug-likeness (QED) is 0.196. The van der Waals surface area contributed by atoms with Crippen LogP contribution in [0.3, 0.4) is 0 Å². The third-order valence-electron chi connectivity index (χ3n) is 3.01. The Morgan fingerprint density at radius 1 is 1.28 bits per heavy atom. The average molecular weight is 371 g/mol. The molecule has 0 unspecified atom stereocenters. The summed E-state index contributed by atoms with van der Waals surface area (Å²) in [7, 11) is -3.81. The number of guanidine groups is 1. The lowest BCUT2D eigenvalue weighted by atomic mass is 10.2. The monoisotopic (exact) mass is 371 g/mol. The number of hydrogen-bond donors (Lipinski definition) is 3. The van der Waals surface area contributed by atoms with Crippen LogP contribution >= 0.6 is 0 Å². The van der Waals surface area contributed by atoms with E-state index in [4.69, 9.17) is 0 Å². The van der Waals surface area contributed by atoms with Gasteiger partial charge in [0.1, 0.15) is 0 Å².